The minimum Gasteiger partial charge on any atom is -0.454 e. The van der Waals surface area contributed by atoms with Crippen molar-refractivity contribution in [2.45, 2.75) is 5.16 Å². The van der Waals surface area contributed by atoms with E-state index in [0.717, 1.165) is 11.0 Å². The van der Waals surface area contributed by atoms with Gasteiger partial charge in [-0.25, -0.2) is 29.3 Å². The van der Waals surface area contributed by atoms with Gasteiger partial charge in [-0.2, -0.15) is 0 Å². The molecule has 0 fully saturated rings. The molecule has 154 valence electrons. The lowest BCUT2D eigenvalue weighted by Crippen LogP contribution is -2.00. The standard InChI is InChI=1S/C21H16FN7OS/c1-29-11-26-15-8-13(4-5-17(15)29)30-18-6-3-12(7-14(18)22)27-20-19-16(24-10-25-20)9-23-21(28-19)31-2/h3-11H,1-2H3,(H,24,25,27). The van der Waals surface area contributed by atoms with Gasteiger partial charge in [-0.15, -0.1) is 0 Å². The third kappa shape index (κ3) is 3.73. The predicted octanol–water partition coefficient (Wildman–Crippen LogP) is 4.70. The molecule has 0 spiro atoms. The molecule has 0 bridgehead atoms. The third-order valence-electron chi connectivity index (χ3n) is 4.66. The van der Waals surface area contributed by atoms with Crippen LogP contribution in [-0.2, 0) is 7.05 Å². The summed E-state index contributed by atoms with van der Waals surface area (Å²) in [4.78, 5) is 21.4. The van der Waals surface area contributed by atoms with E-state index in [0.29, 0.717) is 33.4 Å². The number of halogens is 1. The van der Waals surface area contributed by atoms with Gasteiger partial charge in [-0.05, 0) is 30.5 Å². The number of ether oxygens (including phenoxy) is 1. The molecule has 3 heterocycles. The molecule has 5 rings (SSSR count). The van der Waals surface area contributed by atoms with Crippen molar-refractivity contribution in [3.8, 4) is 11.5 Å². The summed E-state index contributed by atoms with van der Waals surface area (Å²) < 4.78 is 22.4. The van der Waals surface area contributed by atoms with Gasteiger partial charge in [-0.3, -0.25) is 0 Å². The number of aromatic nitrogens is 6. The third-order valence-corrected chi connectivity index (χ3v) is 5.22. The number of thioether (sulfide) groups is 1. The number of fused-ring (bicyclic) bond motifs is 2. The molecule has 31 heavy (non-hydrogen) atoms. The van der Waals surface area contributed by atoms with Gasteiger partial charge in [-0.1, -0.05) is 11.8 Å². The summed E-state index contributed by atoms with van der Waals surface area (Å²) in [5.41, 5.74) is 3.42. The highest BCUT2D eigenvalue weighted by molar-refractivity contribution is 7.98. The Morgan fingerprint density at radius 1 is 1.03 bits per heavy atom. The van der Waals surface area contributed by atoms with Crippen LogP contribution in [0.15, 0.2) is 60.4 Å². The van der Waals surface area contributed by atoms with Crippen LogP contribution in [0.1, 0.15) is 0 Å². The zero-order chi connectivity index (χ0) is 21.4. The van der Waals surface area contributed by atoms with Crippen molar-refractivity contribution >= 4 is 45.3 Å². The first-order valence-corrected chi connectivity index (χ1v) is 10.5. The highest BCUT2D eigenvalue weighted by atomic mass is 32.2. The fourth-order valence-electron chi connectivity index (χ4n) is 3.13. The summed E-state index contributed by atoms with van der Waals surface area (Å²) in [5.74, 6) is 0.578. The molecule has 0 radical (unpaired) electrons. The SMILES string of the molecule is CSc1ncc2ncnc(Nc3ccc(Oc4ccc5c(c4)ncn5C)c(F)c3)c2n1. The molecule has 10 heteroatoms. The minimum absolute atomic E-state index is 0.111. The lowest BCUT2D eigenvalue weighted by Gasteiger charge is -2.11. The van der Waals surface area contributed by atoms with Crippen LogP contribution < -0.4 is 10.1 Å². The van der Waals surface area contributed by atoms with E-state index in [-0.39, 0.29) is 5.75 Å². The van der Waals surface area contributed by atoms with Gasteiger partial charge in [0.15, 0.2) is 22.5 Å². The van der Waals surface area contributed by atoms with Gasteiger partial charge >= 0.3 is 0 Å². The number of nitrogens with zero attached hydrogens (tertiary/aromatic N) is 6. The van der Waals surface area contributed by atoms with E-state index >= 15 is 0 Å². The van der Waals surface area contributed by atoms with Crippen LogP contribution >= 0.6 is 11.8 Å². The maximum absolute atomic E-state index is 14.7. The average molecular weight is 433 g/mol. The van der Waals surface area contributed by atoms with E-state index in [4.69, 9.17) is 4.74 Å². The molecule has 0 saturated carbocycles. The number of hydrogen-bond donors (Lipinski definition) is 1. The second-order valence-electron chi connectivity index (χ2n) is 6.69. The molecular weight excluding hydrogens is 417 g/mol. The first-order valence-electron chi connectivity index (χ1n) is 9.28. The number of aryl methyl sites for hydroxylation is 1. The normalized spacial score (nSPS) is 11.2. The summed E-state index contributed by atoms with van der Waals surface area (Å²) in [6, 6.07) is 10.1. The van der Waals surface area contributed by atoms with E-state index in [2.05, 4.69) is 30.2 Å². The number of rotatable bonds is 5. The van der Waals surface area contributed by atoms with E-state index in [1.54, 1.807) is 36.8 Å². The first kappa shape index (κ1) is 19.2. The number of benzene rings is 2. The smallest absolute Gasteiger partial charge is 0.188 e. The lowest BCUT2D eigenvalue weighted by molar-refractivity contribution is 0.443. The summed E-state index contributed by atoms with van der Waals surface area (Å²) in [6.45, 7) is 0. The topological polar surface area (TPSA) is 90.6 Å². The molecule has 0 saturated heterocycles. The monoisotopic (exact) mass is 433 g/mol. The van der Waals surface area contributed by atoms with Gasteiger partial charge in [0.1, 0.15) is 23.1 Å². The lowest BCUT2D eigenvalue weighted by atomic mass is 10.2. The van der Waals surface area contributed by atoms with E-state index in [1.807, 2.05) is 23.9 Å². The van der Waals surface area contributed by atoms with Crippen molar-refractivity contribution in [3.05, 3.63) is 61.1 Å². The van der Waals surface area contributed by atoms with Crippen molar-refractivity contribution in [1.82, 2.24) is 29.5 Å². The van der Waals surface area contributed by atoms with Crippen LogP contribution in [0.4, 0.5) is 15.9 Å². The van der Waals surface area contributed by atoms with Crippen molar-refractivity contribution in [2.75, 3.05) is 11.6 Å². The summed E-state index contributed by atoms with van der Waals surface area (Å²) in [6.07, 6.45) is 6.66. The summed E-state index contributed by atoms with van der Waals surface area (Å²) in [7, 11) is 1.91. The summed E-state index contributed by atoms with van der Waals surface area (Å²) >= 11 is 1.42. The molecule has 0 aliphatic heterocycles. The zero-order valence-electron chi connectivity index (χ0n) is 16.6. The Balaban J connectivity index is 1.41. The van der Waals surface area contributed by atoms with Gasteiger partial charge in [0.25, 0.3) is 0 Å². The Kier molecular flexibility index (Phi) is 4.83. The maximum Gasteiger partial charge on any atom is 0.188 e. The van der Waals surface area contributed by atoms with Crippen LogP contribution in [0, 0.1) is 5.82 Å². The van der Waals surface area contributed by atoms with Crippen LogP contribution in [0.3, 0.4) is 0 Å². The van der Waals surface area contributed by atoms with Gasteiger partial charge in [0, 0.05) is 24.9 Å². The molecular formula is C21H16FN7OS. The van der Waals surface area contributed by atoms with Crippen LogP contribution in [0.5, 0.6) is 11.5 Å². The largest absolute Gasteiger partial charge is 0.454 e. The molecule has 3 aromatic heterocycles. The van der Waals surface area contributed by atoms with Crippen molar-refractivity contribution in [3.63, 3.8) is 0 Å². The Bertz CT molecular complexity index is 1420. The number of nitrogens with one attached hydrogen (secondary N) is 1. The second kappa shape index (κ2) is 7.80. The van der Waals surface area contributed by atoms with Crippen LogP contribution in [0.2, 0.25) is 0 Å². The van der Waals surface area contributed by atoms with Crippen LogP contribution in [-0.4, -0.2) is 35.7 Å². The van der Waals surface area contributed by atoms with Crippen molar-refractivity contribution in [1.29, 1.82) is 0 Å². The fraction of sp³-hybridized carbons (Fsp3) is 0.0952. The number of hydrogen-bond acceptors (Lipinski definition) is 8. The van der Waals surface area contributed by atoms with E-state index < -0.39 is 5.82 Å². The van der Waals surface area contributed by atoms with Crippen molar-refractivity contribution < 1.29 is 9.13 Å². The molecule has 0 amide bonds. The number of imidazole rings is 1. The first-order chi connectivity index (χ1) is 15.1. The van der Waals surface area contributed by atoms with Gasteiger partial charge < -0.3 is 14.6 Å². The Labute approximate surface area is 180 Å². The molecule has 8 nitrogen and oxygen atoms in total. The quantitative estimate of drug-likeness (QED) is 0.315. The second-order valence-corrected chi connectivity index (χ2v) is 7.46. The fourth-order valence-corrected chi connectivity index (χ4v) is 3.47. The minimum atomic E-state index is -0.510. The molecule has 0 aliphatic carbocycles. The molecule has 0 unspecified atom stereocenters. The van der Waals surface area contributed by atoms with Gasteiger partial charge in [0.2, 0.25) is 0 Å². The highest BCUT2D eigenvalue weighted by Gasteiger charge is 2.11. The van der Waals surface area contributed by atoms with E-state index in [1.165, 1.54) is 24.2 Å². The highest BCUT2D eigenvalue weighted by Crippen LogP contribution is 2.30. The van der Waals surface area contributed by atoms with Crippen LogP contribution in [0.25, 0.3) is 22.1 Å². The molecule has 0 aliphatic rings. The van der Waals surface area contributed by atoms with Crippen molar-refractivity contribution in [2.24, 2.45) is 7.05 Å². The van der Waals surface area contributed by atoms with E-state index in [9.17, 15) is 4.39 Å². The Morgan fingerprint density at radius 3 is 2.77 bits per heavy atom. The van der Waals surface area contributed by atoms with Gasteiger partial charge in [0.05, 0.1) is 23.6 Å². The molecule has 1 N–H and O–H groups in total. The molecule has 0 atom stereocenters. The molecule has 5 aromatic rings. The Morgan fingerprint density at radius 2 is 1.94 bits per heavy atom. The number of anilines is 2. The predicted molar refractivity (Wildman–Crippen MR) is 117 cm³/mol. The Hall–Kier alpha value is -3.79. The maximum atomic E-state index is 14.7. The molecule has 2 aromatic carbocycles. The summed E-state index contributed by atoms with van der Waals surface area (Å²) in [5, 5.41) is 3.70. The zero-order valence-corrected chi connectivity index (χ0v) is 17.4. The average Bonchev–Trinajstić information content (AvgIpc) is 3.15.